The molecular weight excluding hydrogens is 218 g/mol. The number of nitrogens with one attached hydrogen (secondary N) is 1. The first-order valence-corrected chi connectivity index (χ1v) is 6.81. The number of hydrogen-bond donors (Lipinski definition) is 1. The van der Waals surface area contributed by atoms with Crippen LogP contribution >= 0.6 is 0 Å². The van der Waals surface area contributed by atoms with Crippen molar-refractivity contribution in [1.29, 1.82) is 0 Å². The molecule has 0 spiro atoms. The van der Waals surface area contributed by atoms with Gasteiger partial charge in [0.05, 0.1) is 18.8 Å². The molecule has 0 atom stereocenters. The van der Waals surface area contributed by atoms with Crippen molar-refractivity contribution in [3.63, 3.8) is 0 Å². The average Bonchev–Trinajstić information content (AvgIpc) is 2.87. The quantitative estimate of drug-likeness (QED) is 0.643. The molecule has 0 aromatic rings. The van der Waals surface area contributed by atoms with Crippen LogP contribution in [0.3, 0.4) is 0 Å². The van der Waals surface area contributed by atoms with Crippen molar-refractivity contribution in [1.82, 2.24) is 4.72 Å². The van der Waals surface area contributed by atoms with E-state index < -0.39 is 10.0 Å². The molecule has 0 radical (unpaired) electrons. The second-order valence-corrected chi connectivity index (χ2v) is 5.53. The van der Waals surface area contributed by atoms with Crippen LogP contribution in [0.1, 0.15) is 26.2 Å². The maximum absolute atomic E-state index is 11.4. The van der Waals surface area contributed by atoms with Gasteiger partial charge in [0.25, 0.3) is 0 Å². The molecule has 1 rings (SSSR count). The fraction of sp³-hybridized carbons (Fsp3) is 0.889. The van der Waals surface area contributed by atoms with Crippen LogP contribution in [-0.2, 0) is 19.6 Å². The molecule has 6 heteroatoms. The van der Waals surface area contributed by atoms with Crippen LogP contribution in [0.5, 0.6) is 0 Å². The molecule has 5 nitrogen and oxygen atoms in total. The van der Waals surface area contributed by atoms with E-state index in [1.165, 1.54) is 0 Å². The minimum atomic E-state index is -3.19. The molecule has 0 unspecified atom stereocenters. The van der Waals surface area contributed by atoms with E-state index in [4.69, 9.17) is 0 Å². The molecule has 0 aliphatic heterocycles. The lowest BCUT2D eigenvalue weighted by atomic mass is 10.4. The van der Waals surface area contributed by atoms with Crippen LogP contribution in [-0.4, -0.2) is 33.3 Å². The van der Waals surface area contributed by atoms with Crippen molar-refractivity contribution in [2.75, 3.05) is 18.9 Å². The van der Waals surface area contributed by atoms with Crippen molar-refractivity contribution in [2.45, 2.75) is 26.2 Å². The molecule has 1 N–H and O–H groups in total. The van der Waals surface area contributed by atoms with E-state index in [2.05, 4.69) is 9.46 Å². The summed E-state index contributed by atoms with van der Waals surface area (Å²) in [6, 6.07) is 0. The van der Waals surface area contributed by atoms with Gasteiger partial charge < -0.3 is 4.74 Å². The zero-order valence-corrected chi connectivity index (χ0v) is 9.68. The van der Waals surface area contributed by atoms with Gasteiger partial charge in [-0.05, 0) is 25.7 Å². The summed E-state index contributed by atoms with van der Waals surface area (Å²) in [4.78, 5) is 10.9. The van der Waals surface area contributed by atoms with Crippen LogP contribution in [0.25, 0.3) is 0 Å². The van der Waals surface area contributed by atoms with Crippen LogP contribution < -0.4 is 4.72 Å². The summed E-state index contributed by atoms with van der Waals surface area (Å²) in [6.45, 7) is 2.18. The monoisotopic (exact) mass is 235 g/mol. The summed E-state index contributed by atoms with van der Waals surface area (Å²) in [6.07, 6.45) is 2.09. The predicted octanol–water partition coefficient (Wildman–Crippen LogP) is 0.269. The number of carbonyl (C=O) groups is 1. The second-order valence-electron chi connectivity index (χ2n) is 3.67. The van der Waals surface area contributed by atoms with Gasteiger partial charge in [-0.25, -0.2) is 13.1 Å². The largest absolute Gasteiger partial charge is 0.466 e. The topological polar surface area (TPSA) is 72.5 Å². The van der Waals surface area contributed by atoms with Gasteiger partial charge in [-0.2, -0.15) is 0 Å². The Kier molecular flexibility index (Phi) is 4.53. The maximum atomic E-state index is 11.4. The molecule has 0 heterocycles. The lowest BCUT2D eigenvalue weighted by Gasteiger charge is -2.05. The SMILES string of the molecule is CCOC(=O)CCNS(=O)(=O)CC1CC1. The third-order valence-electron chi connectivity index (χ3n) is 2.11. The molecule has 1 saturated carbocycles. The summed E-state index contributed by atoms with van der Waals surface area (Å²) < 4.78 is 29.8. The minimum Gasteiger partial charge on any atom is -0.466 e. The van der Waals surface area contributed by atoms with Crippen molar-refractivity contribution in [2.24, 2.45) is 5.92 Å². The van der Waals surface area contributed by atoms with Gasteiger partial charge in [-0.1, -0.05) is 0 Å². The molecule has 0 amide bonds. The Balaban J connectivity index is 2.15. The minimum absolute atomic E-state index is 0.0950. The molecular formula is C9H17NO4S. The Morgan fingerprint density at radius 2 is 2.13 bits per heavy atom. The molecule has 0 bridgehead atoms. The van der Waals surface area contributed by atoms with Crippen molar-refractivity contribution in [3.8, 4) is 0 Å². The molecule has 0 aromatic carbocycles. The Morgan fingerprint density at radius 1 is 1.47 bits per heavy atom. The smallest absolute Gasteiger partial charge is 0.307 e. The predicted molar refractivity (Wildman–Crippen MR) is 55.8 cm³/mol. The highest BCUT2D eigenvalue weighted by Gasteiger charge is 2.27. The lowest BCUT2D eigenvalue weighted by molar-refractivity contribution is -0.142. The van der Waals surface area contributed by atoms with Crippen LogP contribution in [0.15, 0.2) is 0 Å². The van der Waals surface area contributed by atoms with E-state index in [1.54, 1.807) is 6.92 Å². The summed E-state index contributed by atoms with van der Waals surface area (Å²) in [5, 5.41) is 0. The summed E-state index contributed by atoms with van der Waals surface area (Å²) in [5.41, 5.74) is 0. The molecule has 1 fully saturated rings. The van der Waals surface area contributed by atoms with Gasteiger partial charge in [0.15, 0.2) is 0 Å². The molecule has 1 aliphatic rings. The first-order chi connectivity index (χ1) is 7.03. The molecule has 0 aromatic heterocycles. The number of sulfonamides is 1. The lowest BCUT2D eigenvalue weighted by Crippen LogP contribution is -2.29. The number of hydrogen-bond acceptors (Lipinski definition) is 4. The van der Waals surface area contributed by atoms with E-state index in [1.807, 2.05) is 0 Å². The third kappa shape index (κ3) is 5.74. The third-order valence-corrected chi connectivity index (χ3v) is 3.66. The standard InChI is InChI=1S/C9H17NO4S/c1-2-14-9(11)5-6-10-15(12,13)7-8-3-4-8/h8,10H,2-7H2,1H3. The number of esters is 1. The van der Waals surface area contributed by atoms with Crippen LogP contribution in [0, 0.1) is 5.92 Å². The van der Waals surface area contributed by atoms with E-state index >= 15 is 0 Å². The van der Waals surface area contributed by atoms with E-state index in [0.29, 0.717) is 12.5 Å². The Labute approximate surface area is 90.2 Å². The van der Waals surface area contributed by atoms with Gasteiger partial charge in [-0.15, -0.1) is 0 Å². The number of rotatable bonds is 7. The summed E-state index contributed by atoms with van der Waals surface area (Å²) in [5.74, 6) is 0.146. The second kappa shape index (κ2) is 5.46. The first-order valence-electron chi connectivity index (χ1n) is 5.16. The van der Waals surface area contributed by atoms with E-state index in [9.17, 15) is 13.2 Å². The Bertz CT molecular complexity index is 308. The normalized spacial score (nSPS) is 16.3. The molecule has 15 heavy (non-hydrogen) atoms. The summed E-state index contributed by atoms with van der Waals surface area (Å²) in [7, 11) is -3.19. The molecule has 1 aliphatic carbocycles. The molecule has 0 saturated heterocycles. The van der Waals surface area contributed by atoms with Gasteiger partial charge in [0, 0.05) is 6.54 Å². The zero-order valence-electron chi connectivity index (χ0n) is 8.86. The van der Waals surface area contributed by atoms with Crippen molar-refractivity contribution < 1.29 is 17.9 Å². The highest BCUT2D eigenvalue weighted by Crippen LogP contribution is 2.29. The fourth-order valence-electron chi connectivity index (χ4n) is 1.20. The maximum Gasteiger partial charge on any atom is 0.307 e. The van der Waals surface area contributed by atoms with Crippen LogP contribution in [0.4, 0.5) is 0 Å². The van der Waals surface area contributed by atoms with E-state index in [0.717, 1.165) is 12.8 Å². The number of ether oxygens (including phenoxy) is 1. The number of carbonyl (C=O) groups excluding carboxylic acids is 1. The first kappa shape index (κ1) is 12.4. The van der Waals surface area contributed by atoms with Gasteiger partial charge in [-0.3, -0.25) is 4.79 Å². The van der Waals surface area contributed by atoms with Crippen LogP contribution in [0.2, 0.25) is 0 Å². The highest BCUT2D eigenvalue weighted by molar-refractivity contribution is 7.89. The Hall–Kier alpha value is -0.620. The Morgan fingerprint density at radius 3 is 2.67 bits per heavy atom. The van der Waals surface area contributed by atoms with Gasteiger partial charge in [0.1, 0.15) is 0 Å². The fourth-order valence-corrected chi connectivity index (χ4v) is 2.68. The van der Waals surface area contributed by atoms with Gasteiger partial charge >= 0.3 is 5.97 Å². The average molecular weight is 235 g/mol. The van der Waals surface area contributed by atoms with Crippen molar-refractivity contribution >= 4 is 16.0 Å². The van der Waals surface area contributed by atoms with E-state index in [-0.39, 0.29) is 24.7 Å². The van der Waals surface area contributed by atoms with Gasteiger partial charge in [0.2, 0.25) is 10.0 Å². The molecule has 88 valence electrons. The zero-order chi connectivity index (χ0) is 11.3. The summed E-state index contributed by atoms with van der Waals surface area (Å²) >= 11 is 0. The van der Waals surface area contributed by atoms with Crippen molar-refractivity contribution in [3.05, 3.63) is 0 Å². The highest BCUT2D eigenvalue weighted by atomic mass is 32.2.